The summed E-state index contributed by atoms with van der Waals surface area (Å²) >= 11 is 3.11. The number of nitriles is 1. The van der Waals surface area contributed by atoms with E-state index in [1.165, 1.54) is 6.07 Å². The first-order chi connectivity index (χ1) is 7.94. The SMILES string of the molecule is CC(C)(C#N)CCCNc1ccc(Br)c(F)c1. The summed E-state index contributed by atoms with van der Waals surface area (Å²) < 4.78 is 13.7. The molecular weight excluding hydrogens is 283 g/mol. The molecule has 0 amide bonds. The Morgan fingerprint density at radius 3 is 2.76 bits per heavy atom. The van der Waals surface area contributed by atoms with Crippen LogP contribution < -0.4 is 5.32 Å². The standard InChI is InChI=1S/C13H16BrFN2/c1-13(2,9-16)6-3-7-17-10-4-5-11(14)12(15)8-10/h4-5,8,17H,3,6-7H2,1-2H3. The summed E-state index contributed by atoms with van der Waals surface area (Å²) in [6.07, 6.45) is 1.72. The molecule has 0 radical (unpaired) electrons. The summed E-state index contributed by atoms with van der Waals surface area (Å²) in [5.41, 5.74) is 0.479. The first kappa shape index (κ1) is 14.0. The Morgan fingerprint density at radius 1 is 1.47 bits per heavy atom. The Balaban J connectivity index is 2.37. The normalized spacial score (nSPS) is 11.0. The molecule has 0 aromatic heterocycles. The molecular formula is C13H16BrFN2. The lowest BCUT2D eigenvalue weighted by Gasteiger charge is -2.15. The van der Waals surface area contributed by atoms with Crippen molar-refractivity contribution < 1.29 is 4.39 Å². The summed E-state index contributed by atoms with van der Waals surface area (Å²) in [7, 11) is 0. The second-order valence-electron chi connectivity index (χ2n) is 4.65. The number of benzene rings is 1. The van der Waals surface area contributed by atoms with Crippen LogP contribution in [0, 0.1) is 22.6 Å². The van der Waals surface area contributed by atoms with Crippen molar-refractivity contribution in [3.8, 4) is 6.07 Å². The summed E-state index contributed by atoms with van der Waals surface area (Å²) in [5.74, 6) is -0.271. The topological polar surface area (TPSA) is 35.8 Å². The number of hydrogen-bond donors (Lipinski definition) is 1. The van der Waals surface area contributed by atoms with E-state index in [1.807, 2.05) is 19.9 Å². The zero-order valence-corrected chi connectivity index (χ0v) is 11.6. The molecule has 0 unspecified atom stereocenters. The van der Waals surface area contributed by atoms with Crippen molar-refractivity contribution in [1.82, 2.24) is 0 Å². The molecule has 92 valence electrons. The van der Waals surface area contributed by atoms with Gasteiger partial charge in [-0.15, -0.1) is 0 Å². The molecule has 0 atom stereocenters. The highest BCUT2D eigenvalue weighted by molar-refractivity contribution is 9.10. The average molecular weight is 299 g/mol. The second kappa shape index (κ2) is 6.02. The van der Waals surface area contributed by atoms with Crippen molar-refractivity contribution in [2.75, 3.05) is 11.9 Å². The van der Waals surface area contributed by atoms with E-state index in [1.54, 1.807) is 6.07 Å². The highest BCUT2D eigenvalue weighted by Gasteiger charge is 2.15. The first-order valence-corrected chi connectivity index (χ1v) is 6.34. The van der Waals surface area contributed by atoms with E-state index >= 15 is 0 Å². The molecule has 0 saturated carbocycles. The molecule has 2 nitrogen and oxygen atoms in total. The zero-order chi connectivity index (χ0) is 12.9. The average Bonchev–Trinajstić information content (AvgIpc) is 2.29. The predicted molar refractivity (Wildman–Crippen MR) is 71.2 cm³/mol. The summed E-state index contributed by atoms with van der Waals surface area (Å²) in [5, 5.41) is 12.0. The lowest BCUT2D eigenvalue weighted by atomic mass is 9.90. The summed E-state index contributed by atoms with van der Waals surface area (Å²) in [4.78, 5) is 0. The molecule has 1 aromatic carbocycles. The molecule has 0 heterocycles. The molecule has 0 aliphatic heterocycles. The van der Waals surface area contributed by atoms with Crippen LogP contribution in [-0.4, -0.2) is 6.54 Å². The molecule has 0 fully saturated rings. The van der Waals surface area contributed by atoms with E-state index in [9.17, 15) is 4.39 Å². The van der Waals surface area contributed by atoms with Gasteiger partial charge in [0.15, 0.2) is 0 Å². The van der Waals surface area contributed by atoms with Crippen molar-refractivity contribution in [3.63, 3.8) is 0 Å². The van der Waals surface area contributed by atoms with E-state index < -0.39 is 0 Å². The zero-order valence-electron chi connectivity index (χ0n) is 10.1. The molecule has 1 rings (SSSR count). The Kier molecular flexibility index (Phi) is 4.95. The molecule has 0 spiro atoms. The van der Waals surface area contributed by atoms with Crippen LogP contribution in [0.3, 0.4) is 0 Å². The third kappa shape index (κ3) is 4.74. The molecule has 0 saturated heterocycles. The van der Waals surface area contributed by atoms with Crippen LogP contribution in [0.25, 0.3) is 0 Å². The maximum atomic E-state index is 13.2. The summed E-state index contributed by atoms with van der Waals surface area (Å²) in [6.45, 7) is 4.59. The van der Waals surface area contributed by atoms with Gasteiger partial charge in [0.25, 0.3) is 0 Å². The third-order valence-corrected chi connectivity index (χ3v) is 3.17. The molecule has 0 aliphatic rings. The van der Waals surface area contributed by atoms with Gasteiger partial charge in [-0.3, -0.25) is 0 Å². The van der Waals surface area contributed by atoms with E-state index in [0.717, 1.165) is 25.1 Å². The third-order valence-electron chi connectivity index (χ3n) is 2.53. The number of rotatable bonds is 5. The van der Waals surface area contributed by atoms with Crippen LogP contribution >= 0.6 is 15.9 Å². The molecule has 1 aromatic rings. The van der Waals surface area contributed by atoms with Crippen LogP contribution in [-0.2, 0) is 0 Å². The highest BCUT2D eigenvalue weighted by Crippen LogP contribution is 2.22. The second-order valence-corrected chi connectivity index (χ2v) is 5.51. The molecule has 4 heteroatoms. The van der Waals surface area contributed by atoms with Crippen LogP contribution in [0.5, 0.6) is 0 Å². The fourth-order valence-corrected chi connectivity index (χ4v) is 1.67. The number of anilines is 1. The van der Waals surface area contributed by atoms with Gasteiger partial charge >= 0.3 is 0 Å². The van der Waals surface area contributed by atoms with Crippen molar-refractivity contribution in [1.29, 1.82) is 5.26 Å². The maximum Gasteiger partial charge on any atom is 0.139 e. The van der Waals surface area contributed by atoms with Crippen molar-refractivity contribution >= 4 is 21.6 Å². The van der Waals surface area contributed by atoms with E-state index in [2.05, 4.69) is 27.3 Å². The van der Waals surface area contributed by atoms with Gasteiger partial charge in [-0.2, -0.15) is 5.26 Å². The van der Waals surface area contributed by atoms with Gasteiger partial charge in [0.2, 0.25) is 0 Å². The Labute approximate surface area is 110 Å². The lowest BCUT2D eigenvalue weighted by Crippen LogP contribution is -2.11. The van der Waals surface area contributed by atoms with Gasteiger partial charge in [-0.05, 0) is 60.8 Å². The molecule has 1 N–H and O–H groups in total. The van der Waals surface area contributed by atoms with Gasteiger partial charge in [-0.1, -0.05) is 0 Å². The smallest absolute Gasteiger partial charge is 0.139 e. The Hall–Kier alpha value is -1.08. The lowest BCUT2D eigenvalue weighted by molar-refractivity contribution is 0.441. The van der Waals surface area contributed by atoms with Gasteiger partial charge in [-0.25, -0.2) is 4.39 Å². The largest absolute Gasteiger partial charge is 0.385 e. The van der Waals surface area contributed by atoms with E-state index in [4.69, 9.17) is 5.26 Å². The predicted octanol–water partition coefficient (Wildman–Crippen LogP) is 4.33. The fraction of sp³-hybridized carbons (Fsp3) is 0.462. The maximum absolute atomic E-state index is 13.2. The molecule has 17 heavy (non-hydrogen) atoms. The minimum absolute atomic E-state index is 0.271. The van der Waals surface area contributed by atoms with Crippen LogP contribution in [0.1, 0.15) is 26.7 Å². The van der Waals surface area contributed by atoms with Crippen LogP contribution in [0.4, 0.5) is 10.1 Å². The van der Waals surface area contributed by atoms with Gasteiger partial charge in [0.05, 0.1) is 16.0 Å². The van der Waals surface area contributed by atoms with E-state index in [0.29, 0.717) is 4.47 Å². The first-order valence-electron chi connectivity index (χ1n) is 5.55. The minimum atomic E-state index is -0.285. The highest BCUT2D eigenvalue weighted by atomic mass is 79.9. The fourth-order valence-electron chi connectivity index (χ4n) is 1.43. The van der Waals surface area contributed by atoms with Gasteiger partial charge in [0, 0.05) is 12.2 Å². The van der Waals surface area contributed by atoms with E-state index in [-0.39, 0.29) is 11.2 Å². The monoisotopic (exact) mass is 298 g/mol. The number of nitrogens with one attached hydrogen (secondary N) is 1. The van der Waals surface area contributed by atoms with Crippen LogP contribution in [0.2, 0.25) is 0 Å². The van der Waals surface area contributed by atoms with Crippen LogP contribution in [0.15, 0.2) is 22.7 Å². The van der Waals surface area contributed by atoms with Crippen molar-refractivity contribution in [2.24, 2.45) is 5.41 Å². The Bertz CT molecular complexity index is 424. The Morgan fingerprint density at radius 2 is 2.18 bits per heavy atom. The quantitative estimate of drug-likeness (QED) is 0.821. The van der Waals surface area contributed by atoms with Gasteiger partial charge < -0.3 is 5.32 Å². The summed E-state index contributed by atoms with van der Waals surface area (Å²) in [6, 6.07) is 7.22. The van der Waals surface area contributed by atoms with Gasteiger partial charge in [0.1, 0.15) is 5.82 Å². The van der Waals surface area contributed by atoms with Crippen molar-refractivity contribution in [3.05, 3.63) is 28.5 Å². The number of nitrogens with zero attached hydrogens (tertiary/aromatic N) is 1. The number of halogens is 2. The molecule has 0 aliphatic carbocycles. The number of hydrogen-bond acceptors (Lipinski definition) is 2. The molecule has 0 bridgehead atoms. The van der Waals surface area contributed by atoms with Crippen molar-refractivity contribution in [2.45, 2.75) is 26.7 Å². The minimum Gasteiger partial charge on any atom is -0.385 e.